The van der Waals surface area contributed by atoms with E-state index >= 15 is 0 Å². The lowest BCUT2D eigenvalue weighted by molar-refractivity contribution is 0.102. The molecule has 0 bridgehead atoms. The first-order valence-corrected chi connectivity index (χ1v) is 10.4. The molecule has 0 aliphatic heterocycles. The van der Waals surface area contributed by atoms with Crippen molar-refractivity contribution in [1.29, 1.82) is 0 Å². The Morgan fingerprint density at radius 3 is 2.80 bits per heavy atom. The molecule has 0 aliphatic rings. The number of imidazole rings is 1. The van der Waals surface area contributed by atoms with E-state index in [1.807, 2.05) is 48.9 Å². The zero-order valence-electron chi connectivity index (χ0n) is 16.9. The second kappa shape index (κ2) is 8.54. The number of benzene rings is 2. The maximum absolute atomic E-state index is 12.7. The van der Waals surface area contributed by atoms with Gasteiger partial charge in [0, 0.05) is 24.6 Å². The van der Waals surface area contributed by atoms with Gasteiger partial charge in [-0.15, -0.1) is 0 Å². The van der Waals surface area contributed by atoms with Crippen LogP contribution in [0.4, 0.5) is 5.69 Å². The number of fused-ring (bicyclic) bond motifs is 1. The highest BCUT2D eigenvalue weighted by atomic mass is 32.2. The van der Waals surface area contributed by atoms with E-state index < -0.39 is 0 Å². The summed E-state index contributed by atoms with van der Waals surface area (Å²) in [5.41, 5.74) is 3.91. The minimum Gasteiger partial charge on any atom is -0.496 e. The third-order valence-electron chi connectivity index (χ3n) is 4.69. The molecule has 0 fully saturated rings. The van der Waals surface area contributed by atoms with Crippen LogP contribution in [0.3, 0.4) is 0 Å². The summed E-state index contributed by atoms with van der Waals surface area (Å²) in [5, 5.41) is 3.65. The van der Waals surface area contributed by atoms with E-state index in [0.29, 0.717) is 22.8 Å². The minimum absolute atomic E-state index is 0.227. The van der Waals surface area contributed by atoms with Crippen molar-refractivity contribution >= 4 is 34.4 Å². The van der Waals surface area contributed by atoms with Crippen molar-refractivity contribution in [3.05, 3.63) is 71.8 Å². The number of rotatable bonds is 6. The van der Waals surface area contributed by atoms with Crippen LogP contribution < -0.4 is 10.1 Å². The standard InChI is InChI=1S/C22H21N5O2S/c1-14-10-11-23-22(24-14)30-13-20-26-17-12-15(8-9-18(17)27(20)2)25-21(28)16-6-4-5-7-19(16)29-3/h4-12H,13H2,1-3H3,(H,25,28). The molecule has 1 N–H and O–H groups in total. The Morgan fingerprint density at radius 1 is 1.17 bits per heavy atom. The summed E-state index contributed by atoms with van der Waals surface area (Å²) in [6.07, 6.45) is 1.76. The zero-order chi connectivity index (χ0) is 21.1. The number of anilines is 1. The Bertz CT molecular complexity index is 1220. The molecular weight excluding hydrogens is 398 g/mol. The number of nitrogens with zero attached hydrogens (tertiary/aromatic N) is 4. The lowest BCUT2D eigenvalue weighted by atomic mass is 10.2. The summed E-state index contributed by atoms with van der Waals surface area (Å²) in [6, 6.07) is 14.7. The third-order valence-corrected chi connectivity index (χ3v) is 5.54. The van der Waals surface area contributed by atoms with E-state index in [4.69, 9.17) is 9.72 Å². The predicted octanol–water partition coefficient (Wildman–Crippen LogP) is 4.22. The predicted molar refractivity (Wildman–Crippen MR) is 118 cm³/mol. The molecule has 0 aliphatic carbocycles. The Balaban J connectivity index is 1.53. The summed E-state index contributed by atoms with van der Waals surface area (Å²) in [4.78, 5) is 26.1. The molecule has 30 heavy (non-hydrogen) atoms. The SMILES string of the molecule is COc1ccccc1C(=O)Nc1ccc2c(c1)nc(CSc1nccc(C)n1)n2C. The molecule has 7 nitrogen and oxygen atoms in total. The summed E-state index contributed by atoms with van der Waals surface area (Å²) < 4.78 is 7.32. The molecule has 4 aromatic rings. The normalized spacial score (nSPS) is 10.9. The van der Waals surface area contributed by atoms with Crippen molar-refractivity contribution in [2.45, 2.75) is 17.8 Å². The lowest BCUT2D eigenvalue weighted by Gasteiger charge is -2.09. The molecule has 1 amide bonds. The first kappa shape index (κ1) is 19.9. The van der Waals surface area contributed by atoms with Crippen molar-refractivity contribution in [2.24, 2.45) is 7.05 Å². The van der Waals surface area contributed by atoms with Crippen molar-refractivity contribution in [3.8, 4) is 5.75 Å². The monoisotopic (exact) mass is 419 g/mol. The van der Waals surface area contributed by atoms with Gasteiger partial charge in [0.1, 0.15) is 11.6 Å². The van der Waals surface area contributed by atoms with E-state index in [1.165, 1.54) is 0 Å². The van der Waals surface area contributed by atoms with Gasteiger partial charge in [0.25, 0.3) is 5.91 Å². The van der Waals surface area contributed by atoms with Crippen LogP contribution in [0.15, 0.2) is 59.9 Å². The quantitative estimate of drug-likeness (QED) is 0.372. The number of hydrogen-bond donors (Lipinski definition) is 1. The first-order valence-electron chi connectivity index (χ1n) is 9.37. The van der Waals surface area contributed by atoms with Crippen LogP contribution in [0.1, 0.15) is 21.9 Å². The van der Waals surface area contributed by atoms with Crippen LogP contribution in [-0.4, -0.2) is 32.5 Å². The van der Waals surface area contributed by atoms with Crippen molar-refractivity contribution < 1.29 is 9.53 Å². The van der Waals surface area contributed by atoms with Gasteiger partial charge in [-0.1, -0.05) is 23.9 Å². The molecule has 2 aromatic heterocycles. The van der Waals surface area contributed by atoms with Gasteiger partial charge in [0.15, 0.2) is 5.16 Å². The molecule has 0 saturated carbocycles. The molecule has 4 rings (SSSR count). The topological polar surface area (TPSA) is 81.9 Å². The zero-order valence-corrected chi connectivity index (χ0v) is 17.7. The van der Waals surface area contributed by atoms with Crippen LogP contribution in [0.2, 0.25) is 0 Å². The van der Waals surface area contributed by atoms with Crippen molar-refractivity contribution in [2.75, 3.05) is 12.4 Å². The highest BCUT2D eigenvalue weighted by Crippen LogP contribution is 2.25. The number of aromatic nitrogens is 4. The summed E-state index contributed by atoms with van der Waals surface area (Å²) >= 11 is 1.54. The van der Waals surface area contributed by atoms with Crippen LogP contribution in [-0.2, 0) is 12.8 Å². The highest BCUT2D eigenvalue weighted by Gasteiger charge is 2.14. The number of aryl methyl sites for hydroxylation is 2. The molecule has 0 radical (unpaired) electrons. The Hall–Kier alpha value is -3.39. The molecular formula is C22H21N5O2S. The number of carbonyl (C=O) groups is 1. The minimum atomic E-state index is -0.227. The van der Waals surface area contributed by atoms with Gasteiger partial charge < -0.3 is 14.6 Å². The third kappa shape index (κ3) is 4.13. The average molecular weight is 420 g/mol. The molecule has 8 heteroatoms. The van der Waals surface area contributed by atoms with Gasteiger partial charge in [-0.2, -0.15) is 0 Å². The number of amides is 1. The van der Waals surface area contributed by atoms with Gasteiger partial charge in [0.2, 0.25) is 0 Å². The molecule has 2 aromatic carbocycles. The van der Waals surface area contributed by atoms with E-state index in [9.17, 15) is 4.79 Å². The van der Waals surface area contributed by atoms with E-state index in [2.05, 4.69) is 15.3 Å². The fraction of sp³-hybridized carbons (Fsp3) is 0.182. The largest absolute Gasteiger partial charge is 0.496 e. The first-order chi connectivity index (χ1) is 14.5. The van der Waals surface area contributed by atoms with Crippen LogP contribution in [0.25, 0.3) is 11.0 Å². The van der Waals surface area contributed by atoms with Crippen molar-refractivity contribution in [3.63, 3.8) is 0 Å². The number of ether oxygens (including phenoxy) is 1. The molecule has 0 atom stereocenters. The number of hydrogen-bond acceptors (Lipinski definition) is 6. The van der Waals surface area contributed by atoms with E-state index in [1.54, 1.807) is 43.3 Å². The fourth-order valence-corrected chi connectivity index (χ4v) is 3.97. The van der Waals surface area contributed by atoms with Gasteiger partial charge in [-0.3, -0.25) is 4.79 Å². The van der Waals surface area contributed by atoms with Crippen LogP contribution >= 0.6 is 11.8 Å². The number of methoxy groups -OCH3 is 1. The average Bonchev–Trinajstić information content (AvgIpc) is 3.07. The van der Waals surface area contributed by atoms with E-state index in [0.717, 1.165) is 27.7 Å². The van der Waals surface area contributed by atoms with E-state index in [-0.39, 0.29) is 5.91 Å². The summed E-state index contributed by atoms with van der Waals surface area (Å²) in [5.74, 6) is 1.87. The summed E-state index contributed by atoms with van der Waals surface area (Å²) in [7, 11) is 3.53. The fourth-order valence-electron chi connectivity index (χ4n) is 3.11. The van der Waals surface area contributed by atoms with Gasteiger partial charge in [-0.05, 0) is 43.3 Å². The second-order valence-corrected chi connectivity index (χ2v) is 7.66. The number of carbonyl (C=O) groups excluding carboxylic acids is 1. The smallest absolute Gasteiger partial charge is 0.259 e. The number of nitrogens with one attached hydrogen (secondary N) is 1. The number of para-hydroxylation sites is 1. The Morgan fingerprint density at radius 2 is 2.00 bits per heavy atom. The summed E-state index contributed by atoms with van der Waals surface area (Å²) in [6.45, 7) is 1.95. The maximum atomic E-state index is 12.7. The van der Waals surface area contributed by atoms with Crippen molar-refractivity contribution in [1.82, 2.24) is 19.5 Å². The van der Waals surface area contributed by atoms with Gasteiger partial charge in [0.05, 0.1) is 29.5 Å². The molecule has 0 saturated heterocycles. The highest BCUT2D eigenvalue weighted by molar-refractivity contribution is 7.98. The number of thioether (sulfide) groups is 1. The van der Waals surface area contributed by atoms with Gasteiger partial charge in [-0.25, -0.2) is 15.0 Å². The van der Waals surface area contributed by atoms with Gasteiger partial charge >= 0.3 is 0 Å². The van der Waals surface area contributed by atoms with Crippen LogP contribution in [0, 0.1) is 6.92 Å². The maximum Gasteiger partial charge on any atom is 0.259 e. The molecule has 0 spiro atoms. The molecule has 152 valence electrons. The van der Waals surface area contributed by atoms with Crippen LogP contribution in [0.5, 0.6) is 5.75 Å². The lowest BCUT2D eigenvalue weighted by Crippen LogP contribution is -2.13. The Kier molecular flexibility index (Phi) is 5.67. The Labute approximate surface area is 178 Å². The molecule has 0 unspecified atom stereocenters. The molecule has 2 heterocycles. The second-order valence-electron chi connectivity index (χ2n) is 6.71.